The Morgan fingerprint density at radius 1 is 0.884 bits per heavy atom. The summed E-state index contributed by atoms with van der Waals surface area (Å²) in [4.78, 5) is 34.9. The number of nitrogens with one attached hydrogen (secondary N) is 1. The molecule has 43 heavy (non-hydrogen) atoms. The van der Waals surface area contributed by atoms with Gasteiger partial charge in [-0.15, -0.1) is 6.58 Å². The lowest BCUT2D eigenvalue weighted by Crippen LogP contribution is -2.46. The summed E-state index contributed by atoms with van der Waals surface area (Å²) in [6, 6.07) is 14.5. The second-order valence-corrected chi connectivity index (χ2v) is 12.4. The minimum atomic E-state index is -0.164. The van der Waals surface area contributed by atoms with Gasteiger partial charge in [0.2, 0.25) is 5.95 Å². The van der Waals surface area contributed by atoms with Crippen LogP contribution in [0.2, 0.25) is 0 Å². The van der Waals surface area contributed by atoms with Gasteiger partial charge in [0.15, 0.2) is 11.5 Å². The van der Waals surface area contributed by atoms with Crippen molar-refractivity contribution in [3.8, 4) is 5.82 Å². The van der Waals surface area contributed by atoms with Gasteiger partial charge in [-0.2, -0.15) is 4.98 Å². The summed E-state index contributed by atoms with van der Waals surface area (Å²) in [5.74, 6) is 2.00. The topological polar surface area (TPSA) is 87.3 Å². The van der Waals surface area contributed by atoms with E-state index in [1.165, 1.54) is 57.3 Å². The minimum absolute atomic E-state index is 0.164. The van der Waals surface area contributed by atoms with E-state index in [1.54, 1.807) is 21.6 Å². The molecule has 1 spiro atoms. The molecule has 3 fully saturated rings. The summed E-state index contributed by atoms with van der Waals surface area (Å²) in [6.07, 6.45) is 10.9. The van der Waals surface area contributed by atoms with Crippen LogP contribution in [-0.4, -0.2) is 75.5 Å². The highest BCUT2D eigenvalue weighted by Gasteiger charge is 2.36. The molecule has 0 atom stereocenters. The number of aromatic nitrogens is 5. The largest absolute Gasteiger partial charge is 0.371 e. The predicted octanol–water partition coefficient (Wildman–Crippen LogP) is 4.82. The standard InChI is InChI=1S/C33H41N9O/c1-3-17-41-31(43)27-24-34-32(37-30(27)42(41)29-8-6-7-28(36-29)40-18-4-5-19-40)35-25-9-11-26(12-10-25)39-22-15-33(16-23-39)13-20-38(2)21-14-33/h3,6-12,24H,1,4-5,13-23H2,2H3,(H,34,35,37). The third-order valence-electron chi connectivity index (χ3n) is 9.70. The number of fused-ring (bicyclic) bond motifs is 1. The average molecular weight is 580 g/mol. The van der Waals surface area contributed by atoms with E-state index >= 15 is 0 Å². The number of nitrogens with zero attached hydrogens (tertiary/aromatic N) is 8. The minimum Gasteiger partial charge on any atom is -0.371 e. The number of likely N-dealkylation sites (tertiary alicyclic amines) is 1. The summed E-state index contributed by atoms with van der Waals surface area (Å²) in [5, 5.41) is 3.80. The summed E-state index contributed by atoms with van der Waals surface area (Å²) in [5.41, 5.74) is 3.05. The zero-order chi connectivity index (χ0) is 29.4. The molecule has 3 saturated heterocycles. The molecule has 3 aliphatic rings. The van der Waals surface area contributed by atoms with Gasteiger partial charge in [-0.25, -0.2) is 19.3 Å². The van der Waals surface area contributed by atoms with Crippen LogP contribution in [0, 0.1) is 5.41 Å². The molecule has 1 aromatic carbocycles. The van der Waals surface area contributed by atoms with Gasteiger partial charge in [0.05, 0.1) is 6.54 Å². The Bertz CT molecular complexity index is 1650. The first kappa shape index (κ1) is 27.6. The Morgan fingerprint density at radius 3 is 2.30 bits per heavy atom. The van der Waals surface area contributed by atoms with Crippen molar-refractivity contribution in [3.63, 3.8) is 0 Å². The molecule has 10 nitrogen and oxygen atoms in total. The molecular formula is C33H41N9O. The van der Waals surface area contributed by atoms with Crippen molar-refractivity contribution in [2.75, 3.05) is 61.4 Å². The van der Waals surface area contributed by atoms with Gasteiger partial charge in [0.25, 0.3) is 5.56 Å². The zero-order valence-electron chi connectivity index (χ0n) is 25.1. The molecule has 0 radical (unpaired) electrons. The summed E-state index contributed by atoms with van der Waals surface area (Å²) in [7, 11) is 2.24. The maximum Gasteiger partial charge on any atom is 0.278 e. The van der Waals surface area contributed by atoms with Crippen LogP contribution in [0.5, 0.6) is 0 Å². The quantitative estimate of drug-likeness (QED) is 0.312. The molecule has 224 valence electrons. The maximum atomic E-state index is 13.4. The van der Waals surface area contributed by atoms with Crippen molar-refractivity contribution in [1.82, 2.24) is 29.2 Å². The lowest BCUT2D eigenvalue weighted by Gasteiger charge is -2.46. The summed E-state index contributed by atoms with van der Waals surface area (Å²) >= 11 is 0. The number of anilines is 4. The van der Waals surface area contributed by atoms with E-state index in [4.69, 9.17) is 9.97 Å². The van der Waals surface area contributed by atoms with Gasteiger partial charge < -0.3 is 20.0 Å². The van der Waals surface area contributed by atoms with Crippen LogP contribution < -0.4 is 20.7 Å². The fourth-order valence-corrected chi connectivity index (χ4v) is 6.98. The van der Waals surface area contributed by atoms with E-state index in [2.05, 4.69) is 62.9 Å². The fourth-order valence-electron chi connectivity index (χ4n) is 6.98. The first-order valence-corrected chi connectivity index (χ1v) is 15.6. The van der Waals surface area contributed by atoms with Gasteiger partial charge in [0, 0.05) is 43.8 Å². The Kier molecular flexibility index (Phi) is 7.38. The molecular weight excluding hydrogens is 538 g/mol. The highest BCUT2D eigenvalue weighted by molar-refractivity contribution is 5.77. The summed E-state index contributed by atoms with van der Waals surface area (Å²) in [6.45, 7) is 10.9. The number of benzene rings is 1. The first-order chi connectivity index (χ1) is 21.0. The average Bonchev–Trinajstić information content (AvgIpc) is 3.67. The van der Waals surface area contributed by atoms with Crippen LogP contribution in [0.15, 0.2) is 66.1 Å². The monoisotopic (exact) mass is 579 g/mol. The SMILES string of the molecule is C=CCn1c(=O)c2cnc(Nc3ccc(N4CCC5(CCN(C)CC5)CC4)cc3)nc2n1-c1cccc(N2CCCC2)n1. The van der Waals surface area contributed by atoms with Crippen LogP contribution in [0.4, 0.5) is 23.1 Å². The van der Waals surface area contributed by atoms with Gasteiger partial charge in [0.1, 0.15) is 11.2 Å². The van der Waals surface area contributed by atoms with E-state index in [0.29, 0.717) is 34.8 Å². The van der Waals surface area contributed by atoms with Crippen LogP contribution >= 0.6 is 0 Å². The summed E-state index contributed by atoms with van der Waals surface area (Å²) < 4.78 is 3.41. The Hall–Kier alpha value is -4.18. The van der Waals surface area contributed by atoms with Crippen molar-refractivity contribution in [2.24, 2.45) is 5.41 Å². The Balaban J connectivity index is 1.12. The second-order valence-electron chi connectivity index (χ2n) is 12.4. The van der Waals surface area contributed by atoms with E-state index in [0.717, 1.165) is 37.7 Å². The number of piperidine rings is 2. The molecule has 6 heterocycles. The smallest absolute Gasteiger partial charge is 0.278 e. The lowest BCUT2D eigenvalue weighted by molar-refractivity contribution is 0.0945. The maximum absolute atomic E-state index is 13.4. The Morgan fingerprint density at radius 2 is 1.58 bits per heavy atom. The van der Waals surface area contributed by atoms with E-state index < -0.39 is 0 Å². The van der Waals surface area contributed by atoms with Crippen LogP contribution in [0.1, 0.15) is 38.5 Å². The van der Waals surface area contributed by atoms with Crippen molar-refractivity contribution in [3.05, 3.63) is 71.7 Å². The molecule has 0 bridgehead atoms. The van der Waals surface area contributed by atoms with Gasteiger partial charge in [-0.05, 0) is 100 Å². The van der Waals surface area contributed by atoms with Crippen molar-refractivity contribution >= 4 is 34.2 Å². The number of allylic oxidation sites excluding steroid dienone is 1. The van der Waals surface area contributed by atoms with Crippen LogP contribution in [-0.2, 0) is 6.54 Å². The third-order valence-corrected chi connectivity index (χ3v) is 9.70. The number of hydrogen-bond donors (Lipinski definition) is 1. The molecule has 1 N–H and O–H groups in total. The molecule has 0 saturated carbocycles. The van der Waals surface area contributed by atoms with Gasteiger partial charge in [-0.3, -0.25) is 4.79 Å². The van der Waals surface area contributed by atoms with Gasteiger partial charge in [-0.1, -0.05) is 12.1 Å². The molecule has 3 aliphatic heterocycles. The van der Waals surface area contributed by atoms with E-state index in [1.807, 2.05) is 18.2 Å². The van der Waals surface area contributed by atoms with Crippen LogP contribution in [0.3, 0.4) is 0 Å². The molecule has 3 aromatic heterocycles. The highest BCUT2D eigenvalue weighted by Crippen LogP contribution is 2.42. The van der Waals surface area contributed by atoms with Crippen molar-refractivity contribution in [1.29, 1.82) is 0 Å². The zero-order valence-corrected chi connectivity index (χ0v) is 25.1. The first-order valence-electron chi connectivity index (χ1n) is 15.6. The lowest BCUT2D eigenvalue weighted by atomic mass is 9.71. The van der Waals surface area contributed by atoms with E-state index in [9.17, 15) is 4.79 Å². The second kappa shape index (κ2) is 11.5. The normalized spacial score (nSPS) is 18.9. The predicted molar refractivity (Wildman–Crippen MR) is 173 cm³/mol. The molecule has 0 aliphatic carbocycles. The fraction of sp³-hybridized carbons (Fsp3) is 0.455. The molecule has 4 aromatic rings. The molecule has 0 amide bonds. The van der Waals surface area contributed by atoms with E-state index in [-0.39, 0.29) is 5.56 Å². The van der Waals surface area contributed by atoms with Crippen molar-refractivity contribution in [2.45, 2.75) is 45.1 Å². The highest BCUT2D eigenvalue weighted by atomic mass is 16.1. The van der Waals surface area contributed by atoms with Crippen LogP contribution in [0.25, 0.3) is 16.9 Å². The van der Waals surface area contributed by atoms with Crippen molar-refractivity contribution < 1.29 is 0 Å². The van der Waals surface area contributed by atoms with Gasteiger partial charge >= 0.3 is 0 Å². The Labute approximate surface area is 252 Å². The molecule has 10 heteroatoms. The molecule has 7 rings (SSSR count). The number of hydrogen-bond acceptors (Lipinski definition) is 8. The molecule has 0 unspecified atom stereocenters. The number of rotatable bonds is 7. The number of pyridine rings is 1. The third kappa shape index (κ3) is 5.40.